The van der Waals surface area contributed by atoms with E-state index in [2.05, 4.69) is 31.6 Å². The number of amides is 1. The van der Waals surface area contributed by atoms with Crippen LogP contribution in [0.5, 0.6) is 0 Å². The number of rotatable bonds is 4. The van der Waals surface area contributed by atoms with Gasteiger partial charge in [-0.3, -0.25) is 4.79 Å². The van der Waals surface area contributed by atoms with E-state index in [0.717, 1.165) is 36.6 Å². The summed E-state index contributed by atoms with van der Waals surface area (Å²) in [6.07, 6.45) is 3.66. The van der Waals surface area contributed by atoms with Gasteiger partial charge < -0.3 is 20.5 Å². The number of nitrogens with zero attached hydrogens (tertiary/aromatic N) is 2. The molecule has 22 heavy (non-hydrogen) atoms. The third kappa shape index (κ3) is 3.52. The maximum atomic E-state index is 12.2. The Labute approximate surface area is 129 Å². The molecule has 1 unspecified atom stereocenters. The van der Waals surface area contributed by atoms with Crippen molar-refractivity contribution in [1.82, 2.24) is 20.2 Å². The minimum atomic E-state index is -0.173. The molecule has 2 heterocycles. The molecule has 1 aromatic heterocycles. The van der Waals surface area contributed by atoms with Crippen LogP contribution in [0.4, 0.5) is 5.69 Å². The Morgan fingerprint density at radius 3 is 3.09 bits per heavy atom. The van der Waals surface area contributed by atoms with Crippen LogP contribution in [0.15, 0.2) is 36.8 Å². The third-order valence-corrected chi connectivity index (χ3v) is 3.83. The Morgan fingerprint density at radius 1 is 1.45 bits per heavy atom. The fourth-order valence-corrected chi connectivity index (χ4v) is 2.56. The van der Waals surface area contributed by atoms with Crippen molar-refractivity contribution in [2.24, 2.45) is 0 Å². The number of hydrogen-bond acceptors (Lipinski definition) is 4. The molecule has 3 N–H and O–H groups in total. The lowest BCUT2D eigenvalue weighted by Gasteiger charge is -2.23. The van der Waals surface area contributed by atoms with Crippen LogP contribution in [0.1, 0.15) is 11.3 Å². The van der Waals surface area contributed by atoms with E-state index in [1.165, 1.54) is 0 Å². The first kappa shape index (κ1) is 14.7. The first-order valence-electron chi connectivity index (χ1n) is 7.53. The highest BCUT2D eigenvalue weighted by atomic mass is 16.2. The lowest BCUT2D eigenvalue weighted by Crippen LogP contribution is -2.54. The fraction of sp³-hybridized carbons (Fsp3) is 0.375. The number of nitrogens with one attached hydrogen (secondary N) is 3. The van der Waals surface area contributed by atoms with E-state index in [1.54, 1.807) is 0 Å². The number of carbonyl (C=O) groups excluding carboxylic acids is 1. The van der Waals surface area contributed by atoms with Crippen molar-refractivity contribution in [3.63, 3.8) is 0 Å². The molecular weight excluding hydrogens is 278 g/mol. The Bertz CT molecular complexity index is 645. The van der Waals surface area contributed by atoms with Crippen LogP contribution in [0.25, 0.3) is 0 Å². The Balaban J connectivity index is 1.66. The number of benzene rings is 1. The lowest BCUT2D eigenvalue weighted by molar-refractivity contribution is -0.118. The minimum Gasteiger partial charge on any atom is -0.330 e. The topological polar surface area (TPSA) is 71.0 Å². The third-order valence-electron chi connectivity index (χ3n) is 3.83. The fourth-order valence-electron chi connectivity index (χ4n) is 2.56. The van der Waals surface area contributed by atoms with Gasteiger partial charge in [0.1, 0.15) is 0 Å². The molecule has 0 bridgehead atoms. The highest BCUT2D eigenvalue weighted by molar-refractivity contribution is 5.95. The highest BCUT2D eigenvalue weighted by Crippen LogP contribution is 2.13. The average Bonchev–Trinajstić information content (AvgIpc) is 2.94. The molecule has 0 saturated carbocycles. The molecule has 0 spiro atoms. The van der Waals surface area contributed by atoms with E-state index in [9.17, 15) is 4.79 Å². The van der Waals surface area contributed by atoms with Crippen LogP contribution in [0, 0.1) is 6.92 Å². The van der Waals surface area contributed by atoms with E-state index in [1.807, 2.05) is 37.6 Å². The molecule has 6 nitrogen and oxygen atoms in total. The number of anilines is 1. The Morgan fingerprint density at radius 2 is 2.36 bits per heavy atom. The molecule has 1 saturated heterocycles. The summed E-state index contributed by atoms with van der Waals surface area (Å²) in [6.45, 7) is 5.17. The molecule has 2 aromatic rings. The molecule has 3 rings (SSSR count). The van der Waals surface area contributed by atoms with Gasteiger partial charge in [-0.2, -0.15) is 0 Å². The summed E-state index contributed by atoms with van der Waals surface area (Å²) in [5.41, 5.74) is 3.08. The van der Waals surface area contributed by atoms with Crippen LogP contribution in [-0.4, -0.2) is 41.1 Å². The summed E-state index contributed by atoms with van der Waals surface area (Å²) < 4.78 is 2.08. The normalized spacial score (nSPS) is 18.1. The molecule has 1 fully saturated rings. The molecule has 1 aromatic carbocycles. The van der Waals surface area contributed by atoms with Crippen molar-refractivity contribution in [2.45, 2.75) is 19.5 Å². The highest BCUT2D eigenvalue weighted by Gasteiger charge is 2.20. The van der Waals surface area contributed by atoms with Crippen molar-refractivity contribution in [3.05, 3.63) is 48.0 Å². The second kappa shape index (κ2) is 6.72. The van der Waals surface area contributed by atoms with Gasteiger partial charge in [-0.05, 0) is 24.6 Å². The van der Waals surface area contributed by atoms with E-state index >= 15 is 0 Å². The maximum absolute atomic E-state index is 12.2. The van der Waals surface area contributed by atoms with Crippen LogP contribution in [-0.2, 0) is 11.3 Å². The molecular formula is C16H21N5O. The van der Waals surface area contributed by atoms with E-state index < -0.39 is 0 Å². The number of imidazole rings is 1. The molecule has 6 heteroatoms. The summed E-state index contributed by atoms with van der Waals surface area (Å²) in [6, 6.07) is 7.76. The van der Waals surface area contributed by atoms with E-state index in [0.29, 0.717) is 6.54 Å². The van der Waals surface area contributed by atoms with Crippen LogP contribution >= 0.6 is 0 Å². The van der Waals surface area contributed by atoms with Gasteiger partial charge in [-0.15, -0.1) is 0 Å². The van der Waals surface area contributed by atoms with Crippen molar-refractivity contribution in [1.29, 1.82) is 0 Å². The van der Waals surface area contributed by atoms with E-state index in [-0.39, 0.29) is 11.9 Å². The van der Waals surface area contributed by atoms with Crippen LogP contribution < -0.4 is 16.0 Å². The van der Waals surface area contributed by atoms with Gasteiger partial charge >= 0.3 is 0 Å². The molecule has 116 valence electrons. The van der Waals surface area contributed by atoms with Crippen LogP contribution in [0.2, 0.25) is 0 Å². The molecule has 1 atom stereocenters. The monoisotopic (exact) mass is 299 g/mol. The van der Waals surface area contributed by atoms with Crippen molar-refractivity contribution < 1.29 is 4.79 Å². The smallest absolute Gasteiger partial charge is 0.242 e. The molecule has 0 radical (unpaired) electrons. The summed E-state index contributed by atoms with van der Waals surface area (Å²) in [5.74, 6) is 0.00293. The summed E-state index contributed by atoms with van der Waals surface area (Å²) in [5, 5.41) is 9.41. The number of piperazine rings is 1. The quantitative estimate of drug-likeness (QED) is 0.779. The van der Waals surface area contributed by atoms with Gasteiger partial charge in [0.15, 0.2) is 0 Å². The second-order valence-electron chi connectivity index (χ2n) is 5.56. The van der Waals surface area contributed by atoms with Gasteiger partial charge in [0.05, 0.1) is 12.4 Å². The van der Waals surface area contributed by atoms with Crippen LogP contribution in [0.3, 0.4) is 0 Å². The van der Waals surface area contributed by atoms with Gasteiger partial charge in [-0.25, -0.2) is 4.98 Å². The number of hydrogen-bond donors (Lipinski definition) is 3. The maximum Gasteiger partial charge on any atom is 0.242 e. The minimum absolute atomic E-state index is 0.00293. The van der Waals surface area contributed by atoms with Gasteiger partial charge in [0, 0.05) is 43.8 Å². The predicted molar refractivity (Wildman–Crippen MR) is 85.8 cm³/mol. The van der Waals surface area contributed by atoms with Gasteiger partial charge in [0.2, 0.25) is 5.91 Å². The molecule has 1 aliphatic heterocycles. The zero-order valence-electron chi connectivity index (χ0n) is 12.7. The summed E-state index contributed by atoms with van der Waals surface area (Å²) in [4.78, 5) is 16.3. The molecule has 1 amide bonds. The Hall–Kier alpha value is -2.18. The predicted octanol–water partition coefficient (Wildman–Crippen LogP) is 0.740. The van der Waals surface area contributed by atoms with Gasteiger partial charge in [0.25, 0.3) is 0 Å². The zero-order valence-corrected chi connectivity index (χ0v) is 12.7. The summed E-state index contributed by atoms with van der Waals surface area (Å²) >= 11 is 0. The molecule has 0 aliphatic carbocycles. The zero-order chi connectivity index (χ0) is 15.4. The van der Waals surface area contributed by atoms with Crippen molar-refractivity contribution >= 4 is 11.6 Å². The standard InChI is InChI=1S/C16H21N5O/c1-12-8-18-11-21(12)10-13-3-2-4-14(7-13)20-16(22)15-9-17-5-6-19-15/h2-4,7-8,11,15,17,19H,5-6,9-10H2,1H3,(H,20,22). The summed E-state index contributed by atoms with van der Waals surface area (Å²) in [7, 11) is 0. The van der Waals surface area contributed by atoms with Gasteiger partial charge in [-0.1, -0.05) is 12.1 Å². The lowest BCUT2D eigenvalue weighted by atomic mass is 10.1. The van der Waals surface area contributed by atoms with Crippen molar-refractivity contribution in [2.75, 3.05) is 25.0 Å². The number of carbonyl (C=O) groups is 1. The van der Waals surface area contributed by atoms with Crippen molar-refractivity contribution in [3.8, 4) is 0 Å². The largest absolute Gasteiger partial charge is 0.330 e. The average molecular weight is 299 g/mol. The number of aromatic nitrogens is 2. The number of aryl methyl sites for hydroxylation is 1. The first-order valence-corrected chi connectivity index (χ1v) is 7.53. The molecule has 1 aliphatic rings. The van der Waals surface area contributed by atoms with E-state index in [4.69, 9.17) is 0 Å². The SMILES string of the molecule is Cc1cncn1Cc1cccc(NC(=O)C2CNCCN2)c1. The first-order chi connectivity index (χ1) is 10.7. The second-order valence-corrected chi connectivity index (χ2v) is 5.56. The Kier molecular flexibility index (Phi) is 4.50.